The van der Waals surface area contributed by atoms with Gasteiger partial charge in [0.15, 0.2) is 0 Å². The maximum absolute atomic E-state index is 12.8. The number of hydrogen-bond donors (Lipinski definition) is 2. The summed E-state index contributed by atoms with van der Waals surface area (Å²) in [6.07, 6.45) is 6.15. The first kappa shape index (κ1) is 24.4. The minimum absolute atomic E-state index is 0.0231. The summed E-state index contributed by atoms with van der Waals surface area (Å²) < 4.78 is 0. The SMILES string of the molecule is CC(/C=C/C=C(\C)C(=O)Nc1c(C)cc(C(C)(C)C)cc1C(C)(C)C)=C\C(=O)O. The van der Waals surface area contributed by atoms with Crippen LogP contribution in [-0.2, 0) is 20.4 Å². The smallest absolute Gasteiger partial charge is 0.328 e. The first-order chi connectivity index (χ1) is 13.1. The van der Waals surface area contributed by atoms with Crippen molar-refractivity contribution in [3.63, 3.8) is 0 Å². The Morgan fingerprint density at radius 1 is 1.00 bits per heavy atom. The fourth-order valence-corrected chi connectivity index (χ4v) is 2.85. The molecule has 0 bridgehead atoms. The number of nitrogens with one attached hydrogen (secondary N) is 1. The normalized spacial score (nSPS) is 13.7. The molecule has 0 fully saturated rings. The number of anilines is 1. The Balaban J connectivity index is 3.22. The highest BCUT2D eigenvalue weighted by molar-refractivity contribution is 6.04. The number of hydrogen-bond acceptors (Lipinski definition) is 2. The predicted octanol–water partition coefficient (Wildman–Crippen LogP) is 6.06. The van der Waals surface area contributed by atoms with E-state index in [-0.39, 0.29) is 16.7 Å². The van der Waals surface area contributed by atoms with E-state index in [0.29, 0.717) is 11.1 Å². The quantitative estimate of drug-likeness (QED) is 0.469. The van der Waals surface area contributed by atoms with Gasteiger partial charge < -0.3 is 10.4 Å². The van der Waals surface area contributed by atoms with Gasteiger partial charge in [-0.25, -0.2) is 4.79 Å². The Hall–Kier alpha value is -2.62. The highest BCUT2D eigenvalue weighted by Gasteiger charge is 2.25. The van der Waals surface area contributed by atoms with E-state index in [9.17, 15) is 9.59 Å². The lowest BCUT2D eigenvalue weighted by molar-refractivity contribution is -0.131. The third-order valence-corrected chi connectivity index (χ3v) is 4.66. The van der Waals surface area contributed by atoms with E-state index in [1.807, 2.05) is 6.92 Å². The van der Waals surface area contributed by atoms with Crippen LogP contribution in [0.2, 0.25) is 0 Å². The Kier molecular flexibility index (Phi) is 7.79. The van der Waals surface area contributed by atoms with Crippen molar-refractivity contribution >= 4 is 17.6 Å². The van der Waals surface area contributed by atoms with Crippen LogP contribution in [0.5, 0.6) is 0 Å². The van der Waals surface area contributed by atoms with Gasteiger partial charge in [0.25, 0.3) is 5.91 Å². The summed E-state index contributed by atoms with van der Waals surface area (Å²) in [5, 5.41) is 11.8. The molecular weight excluding hydrogens is 362 g/mol. The number of aryl methyl sites for hydroxylation is 1. The lowest BCUT2D eigenvalue weighted by atomic mass is 9.78. The highest BCUT2D eigenvalue weighted by atomic mass is 16.4. The molecule has 1 aromatic carbocycles. The maximum Gasteiger partial charge on any atom is 0.328 e. The van der Waals surface area contributed by atoms with Gasteiger partial charge in [-0.3, -0.25) is 4.79 Å². The van der Waals surface area contributed by atoms with E-state index >= 15 is 0 Å². The fourth-order valence-electron chi connectivity index (χ4n) is 2.85. The average molecular weight is 398 g/mol. The molecule has 0 aliphatic rings. The van der Waals surface area contributed by atoms with Crippen molar-refractivity contribution < 1.29 is 14.7 Å². The molecule has 1 aromatic rings. The minimum Gasteiger partial charge on any atom is -0.478 e. The van der Waals surface area contributed by atoms with Crippen molar-refractivity contribution in [2.75, 3.05) is 5.32 Å². The zero-order valence-corrected chi connectivity index (χ0v) is 19.2. The van der Waals surface area contributed by atoms with Crippen LogP contribution >= 0.6 is 0 Å². The van der Waals surface area contributed by atoms with Gasteiger partial charge in [-0.05, 0) is 53.9 Å². The summed E-state index contributed by atoms with van der Waals surface area (Å²) in [5.74, 6) is -1.17. The molecule has 0 aromatic heterocycles. The summed E-state index contributed by atoms with van der Waals surface area (Å²) in [7, 11) is 0. The second kappa shape index (κ2) is 9.25. The minimum atomic E-state index is -0.991. The molecule has 0 atom stereocenters. The molecule has 29 heavy (non-hydrogen) atoms. The monoisotopic (exact) mass is 397 g/mol. The molecule has 1 rings (SSSR count). The average Bonchev–Trinajstić information content (AvgIpc) is 2.53. The molecule has 0 heterocycles. The van der Waals surface area contributed by atoms with E-state index in [2.05, 4.69) is 59.0 Å². The number of rotatable bonds is 5. The predicted molar refractivity (Wildman–Crippen MR) is 121 cm³/mol. The lowest BCUT2D eigenvalue weighted by Gasteiger charge is -2.29. The van der Waals surface area contributed by atoms with Crippen LogP contribution in [0.3, 0.4) is 0 Å². The number of aliphatic carboxylic acids is 1. The van der Waals surface area contributed by atoms with E-state index in [1.165, 1.54) is 5.56 Å². The van der Waals surface area contributed by atoms with Crippen molar-refractivity contribution in [2.24, 2.45) is 0 Å². The summed E-state index contributed by atoms with van der Waals surface area (Å²) in [5.41, 5.74) is 5.30. The number of benzene rings is 1. The maximum atomic E-state index is 12.8. The van der Waals surface area contributed by atoms with Crippen LogP contribution < -0.4 is 5.32 Å². The van der Waals surface area contributed by atoms with Crippen LogP contribution in [0.4, 0.5) is 5.69 Å². The van der Waals surface area contributed by atoms with Crippen molar-refractivity contribution in [2.45, 2.75) is 73.1 Å². The van der Waals surface area contributed by atoms with Crippen molar-refractivity contribution in [1.29, 1.82) is 0 Å². The Labute approximate surface area is 175 Å². The number of allylic oxidation sites excluding steroid dienone is 4. The largest absolute Gasteiger partial charge is 0.478 e. The zero-order valence-electron chi connectivity index (χ0n) is 19.2. The van der Waals surface area contributed by atoms with Crippen LogP contribution in [0.1, 0.15) is 72.1 Å². The van der Waals surface area contributed by atoms with E-state index < -0.39 is 5.97 Å². The fraction of sp³-hybridized carbons (Fsp3) is 0.440. The second-order valence-corrected chi connectivity index (χ2v) is 9.61. The van der Waals surface area contributed by atoms with E-state index in [1.54, 1.807) is 32.1 Å². The van der Waals surface area contributed by atoms with Gasteiger partial charge in [-0.1, -0.05) is 71.9 Å². The van der Waals surface area contributed by atoms with Crippen LogP contribution in [0.25, 0.3) is 0 Å². The van der Waals surface area contributed by atoms with Gasteiger partial charge in [-0.2, -0.15) is 0 Å². The third-order valence-electron chi connectivity index (χ3n) is 4.66. The van der Waals surface area contributed by atoms with Gasteiger partial charge in [0.1, 0.15) is 0 Å². The number of amides is 1. The molecule has 0 saturated carbocycles. The van der Waals surface area contributed by atoms with Crippen LogP contribution in [0, 0.1) is 6.92 Å². The summed E-state index contributed by atoms with van der Waals surface area (Å²) in [6, 6.07) is 4.34. The van der Waals surface area contributed by atoms with Crippen molar-refractivity contribution in [3.05, 3.63) is 64.3 Å². The standard InChI is InChI=1S/C25H35NO3/c1-16(13-21(27)28)11-10-12-17(2)23(29)26-22-18(3)14-19(24(4,5)6)15-20(22)25(7,8)9/h10-15H,1-9H3,(H,26,29)(H,27,28)/b11-10+,16-13+,17-12+. The highest BCUT2D eigenvalue weighted by Crippen LogP contribution is 2.36. The lowest BCUT2D eigenvalue weighted by Crippen LogP contribution is -2.22. The first-order valence-electron chi connectivity index (χ1n) is 9.86. The second-order valence-electron chi connectivity index (χ2n) is 9.61. The Morgan fingerprint density at radius 2 is 1.59 bits per heavy atom. The molecule has 158 valence electrons. The molecule has 0 radical (unpaired) electrons. The van der Waals surface area contributed by atoms with Crippen LogP contribution in [0.15, 0.2) is 47.6 Å². The first-order valence-corrected chi connectivity index (χ1v) is 9.86. The molecule has 0 aliphatic carbocycles. The van der Waals surface area contributed by atoms with Crippen molar-refractivity contribution in [1.82, 2.24) is 0 Å². The van der Waals surface area contributed by atoms with Crippen LogP contribution in [-0.4, -0.2) is 17.0 Å². The zero-order chi connectivity index (χ0) is 22.6. The Morgan fingerprint density at radius 3 is 2.07 bits per heavy atom. The molecular formula is C25H35NO3. The number of carbonyl (C=O) groups excluding carboxylic acids is 1. The molecule has 1 amide bonds. The number of carboxylic acid groups (broad SMARTS) is 1. The topological polar surface area (TPSA) is 66.4 Å². The summed E-state index contributed by atoms with van der Waals surface area (Å²) >= 11 is 0. The molecule has 2 N–H and O–H groups in total. The molecule has 0 unspecified atom stereocenters. The van der Waals surface area contributed by atoms with Gasteiger partial charge in [0, 0.05) is 17.3 Å². The van der Waals surface area contributed by atoms with Gasteiger partial charge in [-0.15, -0.1) is 0 Å². The molecule has 4 nitrogen and oxygen atoms in total. The number of carbonyl (C=O) groups is 2. The Bertz CT molecular complexity index is 873. The third kappa shape index (κ3) is 7.37. The van der Waals surface area contributed by atoms with E-state index in [0.717, 1.165) is 22.9 Å². The van der Waals surface area contributed by atoms with Gasteiger partial charge >= 0.3 is 5.97 Å². The van der Waals surface area contributed by atoms with Gasteiger partial charge in [0.2, 0.25) is 0 Å². The molecule has 4 heteroatoms. The molecule has 0 spiro atoms. The van der Waals surface area contributed by atoms with Gasteiger partial charge in [0.05, 0.1) is 0 Å². The molecule has 0 saturated heterocycles. The number of carboxylic acids is 1. The van der Waals surface area contributed by atoms with E-state index in [4.69, 9.17) is 5.11 Å². The van der Waals surface area contributed by atoms with Crippen molar-refractivity contribution in [3.8, 4) is 0 Å². The summed E-state index contributed by atoms with van der Waals surface area (Å²) in [6.45, 7) is 18.5. The molecule has 0 aliphatic heterocycles. The summed E-state index contributed by atoms with van der Waals surface area (Å²) in [4.78, 5) is 23.4.